The molecule has 3 saturated heterocycles. The fraction of sp³-hybridized carbons (Fsp3) is 1.00. The van der Waals surface area contributed by atoms with Gasteiger partial charge in [0.2, 0.25) is 0 Å². The summed E-state index contributed by atoms with van der Waals surface area (Å²) in [5, 5.41) is 40.1. The highest BCUT2D eigenvalue weighted by molar-refractivity contribution is 14.1. The molecule has 0 aromatic heterocycles. The second-order valence-electron chi connectivity index (χ2n) is 9.57. The van der Waals surface area contributed by atoms with Gasteiger partial charge in [-0.3, -0.25) is 22.6 Å². The zero-order valence-electron chi connectivity index (χ0n) is 21.8. The standard InChI is InChI=1S/C15H31B3IO19P3/c16-13-7(21)10(4(1-20)32-13)35-39(24,25)30-2-5-11(8(22)14(17)33-5)36-40(26,27)31-3-6-12(9(23)15(18)34-6)37-41(28,29)38-19/h4-15,20-23H,1-3,16-18H2,(H,24,25)(H,26,27)(H,28,29)/t4-,5-,6-,7?,8?,9?,10?,11?,12?,13-,14-,15-/m1/s1. The molecule has 41 heavy (non-hydrogen) atoms. The van der Waals surface area contributed by atoms with Crippen LogP contribution in [0.3, 0.4) is 0 Å². The quantitative estimate of drug-likeness (QED) is 0.0495. The third-order valence-corrected chi connectivity index (χ3v) is 10.7. The van der Waals surface area contributed by atoms with Crippen LogP contribution in [0.15, 0.2) is 0 Å². The maximum atomic E-state index is 12.7. The number of phosphoric ester groups is 3. The third-order valence-electron chi connectivity index (χ3n) is 6.56. The fourth-order valence-electron chi connectivity index (χ4n) is 4.44. The summed E-state index contributed by atoms with van der Waals surface area (Å²) in [7, 11) is -10.3. The number of aliphatic hydroxyl groups is 4. The molecule has 9 unspecified atom stereocenters. The van der Waals surface area contributed by atoms with E-state index < -0.39 is 116 Å². The van der Waals surface area contributed by atoms with Crippen molar-refractivity contribution in [2.75, 3.05) is 19.8 Å². The summed E-state index contributed by atoms with van der Waals surface area (Å²) in [6, 6.07) is -2.71. The first kappa shape index (κ1) is 36.4. The lowest BCUT2D eigenvalue weighted by Crippen LogP contribution is -2.38. The molecule has 3 aliphatic heterocycles. The second-order valence-corrected chi connectivity index (χ2v) is 14.8. The number of phosphoric acid groups is 3. The Kier molecular flexibility index (Phi) is 13.0. The van der Waals surface area contributed by atoms with Gasteiger partial charge in [0.25, 0.3) is 0 Å². The molecule has 7 N–H and O–H groups in total. The monoisotopic (exact) mass is 768 g/mol. The molecule has 0 saturated carbocycles. The van der Waals surface area contributed by atoms with Gasteiger partial charge < -0.3 is 49.3 Å². The molecule has 0 aromatic carbocycles. The van der Waals surface area contributed by atoms with Gasteiger partial charge in [-0.2, -0.15) is 0 Å². The van der Waals surface area contributed by atoms with E-state index in [0.29, 0.717) is 0 Å². The predicted molar refractivity (Wildman–Crippen MR) is 148 cm³/mol. The fourth-order valence-corrected chi connectivity index (χ4v) is 7.25. The minimum absolute atomic E-state index is 0.620. The van der Waals surface area contributed by atoms with Gasteiger partial charge in [-0.25, -0.2) is 16.5 Å². The van der Waals surface area contributed by atoms with E-state index in [4.69, 9.17) is 36.8 Å². The Balaban J connectivity index is 1.60. The van der Waals surface area contributed by atoms with Gasteiger partial charge >= 0.3 is 23.5 Å². The Hall–Kier alpha value is 0.975. The maximum absolute atomic E-state index is 12.7. The van der Waals surface area contributed by atoms with Gasteiger partial charge in [0.1, 0.15) is 101 Å². The van der Waals surface area contributed by atoms with Crippen LogP contribution in [0.4, 0.5) is 0 Å². The second kappa shape index (κ2) is 14.6. The molecule has 3 fully saturated rings. The lowest BCUT2D eigenvalue weighted by molar-refractivity contribution is -0.0392. The summed E-state index contributed by atoms with van der Waals surface area (Å²) in [4.78, 5) is 30.0. The molecular formula is C15H31B3IO19P3. The normalized spacial score (nSPS) is 43.9. The molecule has 0 amide bonds. The van der Waals surface area contributed by atoms with Gasteiger partial charge in [0.05, 0.1) is 37.8 Å². The molecule has 26 heteroatoms. The van der Waals surface area contributed by atoms with Crippen molar-refractivity contribution in [2.24, 2.45) is 0 Å². The van der Waals surface area contributed by atoms with Crippen LogP contribution in [0.5, 0.6) is 0 Å². The molecule has 236 valence electrons. The summed E-state index contributed by atoms with van der Waals surface area (Å²) in [6.07, 6.45) is -12.7. The Morgan fingerprint density at radius 1 is 0.634 bits per heavy atom. The number of rotatable bonds is 14. The first-order chi connectivity index (χ1) is 18.9. The molecule has 0 spiro atoms. The summed E-state index contributed by atoms with van der Waals surface area (Å²) < 4.78 is 82.1. The minimum Gasteiger partial charge on any atom is -0.394 e. The van der Waals surface area contributed by atoms with E-state index in [-0.39, 0.29) is 0 Å². The summed E-state index contributed by atoms with van der Waals surface area (Å²) in [5.74, 6) is 0. The Morgan fingerprint density at radius 2 is 0.951 bits per heavy atom. The van der Waals surface area contributed by atoms with Gasteiger partial charge in [-0.05, 0) is 0 Å². The first-order valence-electron chi connectivity index (χ1n) is 12.1. The maximum Gasteiger partial charge on any atom is 0.482 e. The number of ether oxygens (including phenoxy) is 3. The zero-order valence-corrected chi connectivity index (χ0v) is 26.6. The molecule has 3 rings (SSSR count). The molecule has 15 atom stereocenters. The Morgan fingerprint density at radius 3 is 1.29 bits per heavy atom. The van der Waals surface area contributed by atoms with Crippen molar-refractivity contribution in [2.45, 2.75) is 72.9 Å². The van der Waals surface area contributed by atoms with E-state index in [1.807, 2.05) is 0 Å². The summed E-state index contributed by atoms with van der Waals surface area (Å²) >= 11 is 1.12. The highest BCUT2D eigenvalue weighted by atomic mass is 127. The van der Waals surface area contributed by atoms with Gasteiger partial charge in [-0.1, -0.05) is 0 Å². The average Bonchev–Trinajstić information content (AvgIpc) is 3.42. The molecule has 3 heterocycles. The van der Waals surface area contributed by atoms with Crippen molar-refractivity contribution in [1.82, 2.24) is 0 Å². The SMILES string of the molecule is B[C@@H]1O[C@H](COP(=O)(O)OC2C(O)[C@H](B)O[C@@H]2COP(=O)(O)OC2C(O)[C@H](B)O[C@@H]2CO)C(OP(=O)(O)OI)C1O. The number of hydrogen-bond donors (Lipinski definition) is 7. The zero-order chi connectivity index (χ0) is 30.9. The molecule has 0 aromatic rings. The largest absolute Gasteiger partial charge is 0.482 e. The van der Waals surface area contributed by atoms with Crippen molar-refractivity contribution in [3.63, 3.8) is 0 Å². The van der Waals surface area contributed by atoms with Crippen LogP contribution >= 0.6 is 46.5 Å². The molecule has 19 nitrogen and oxygen atoms in total. The average molecular weight is 768 g/mol. The van der Waals surface area contributed by atoms with Crippen LogP contribution < -0.4 is 0 Å². The van der Waals surface area contributed by atoms with Crippen LogP contribution in [-0.2, 0) is 53.4 Å². The third kappa shape index (κ3) is 9.49. The molecule has 3 aliphatic rings. The highest BCUT2D eigenvalue weighted by Crippen LogP contribution is 2.52. The van der Waals surface area contributed by atoms with Crippen molar-refractivity contribution in [3.8, 4) is 0 Å². The van der Waals surface area contributed by atoms with Crippen LogP contribution in [-0.4, -0.2) is 151 Å². The topological polar surface area (TPSA) is 276 Å². The van der Waals surface area contributed by atoms with Crippen LogP contribution in [0.2, 0.25) is 0 Å². The number of hydrogen-bond acceptors (Lipinski definition) is 16. The van der Waals surface area contributed by atoms with E-state index >= 15 is 0 Å². The highest BCUT2D eigenvalue weighted by Gasteiger charge is 2.50. The molecule has 0 aliphatic carbocycles. The van der Waals surface area contributed by atoms with Crippen LogP contribution in [0.1, 0.15) is 0 Å². The smallest absolute Gasteiger partial charge is 0.394 e. The Labute approximate surface area is 250 Å². The van der Waals surface area contributed by atoms with Crippen molar-refractivity contribution in [1.29, 1.82) is 0 Å². The van der Waals surface area contributed by atoms with E-state index in [1.165, 1.54) is 23.5 Å². The van der Waals surface area contributed by atoms with E-state index in [9.17, 15) is 48.8 Å². The van der Waals surface area contributed by atoms with Crippen molar-refractivity contribution >= 4 is 70.0 Å². The first-order valence-corrected chi connectivity index (χ1v) is 17.5. The van der Waals surface area contributed by atoms with E-state index in [1.54, 1.807) is 0 Å². The summed E-state index contributed by atoms with van der Waals surface area (Å²) in [5.41, 5.74) is 0. The van der Waals surface area contributed by atoms with Gasteiger partial charge in [-0.15, -0.1) is 0 Å². The van der Waals surface area contributed by atoms with Gasteiger partial charge in [0, 0.05) is 0 Å². The van der Waals surface area contributed by atoms with Gasteiger partial charge in [0.15, 0.2) is 0 Å². The lowest BCUT2D eigenvalue weighted by Gasteiger charge is -2.26. The van der Waals surface area contributed by atoms with Crippen LogP contribution in [0, 0.1) is 0 Å². The Bertz CT molecular complexity index is 1030. The predicted octanol–water partition coefficient (Wildman–Crippen LogP) is -5.01. The summed E-state index contributed by atoms with van der Waals surface area (Å²) in [6.45, 7) is -2.20. The number of aliphatic hydroxyl groups excluding tert-OH is 4. The molecular weight excluding hydrogens is 736 g/mol. The van der Waals surface area contributed by atoms with E-state index in [0.717, 1.165) is 23.0 Å². The van der Waals surface area contributed by atoms with Crippen LogP contribution in [0.25, 0.3) is 0 Å². The molecule has 0 radical (unpaired) electrons. The lowest BCUT2D eigenvalue weighted by atomic mass is 9.93. The van der Waals surface area contributed by atoms with Crippen molar-refractivity contribution in [3.05, 3.63) is 0 Å². The van der Waals surface area contributed by atoms with E-state index in [2.05, 4.69) is 2.85 Å². The number of halogens is 1. The molecule has 0 bridgehead atoms. The minimum atomic E-state index is -5.05. The van der Waals surface area contributed by atoms with Crippen molar-refractivity contribution < 1.29 is 88.5 Å².